The Hall–Kier alpha value is -1.50. The zero-order valence-corrected chi connectivity index (χ0v) is 12.4. The highest BCUT2D eigenvalue weighted by atomic mass is 32.1. The molecule has 7 heteroatoms. The van der Waals surface area contributed by atoms with Gasteiger partial charge in [-0.05, 0) is 36.7 Å². The van der Waals surface area contributed by atoms with Gasteiger partial charge in [-0.1, -0.05) is 25.3 Å². The molecule has 0 bridgehead atoms. The molecular formula is C12H19N3O3S. The lowest BCUT2D eigenvalue weighted by Crippen LogP contribution is -2.41. The van der Waals surface area contributed by atoms with E-state index in [1.807, 2.05) is 20.8 Å². The van der Waals surface area contributed by atoms with E-state index < -0.39 is 17.9 Å². The minimum absolute atomic E-state index is 0.0282. The molecule has 1 heterocycles. The van der Waals surface area contributed by atoms with E-state index in [1.54, 1.807) is 6.92 Å². The van der Waals surface area contributed by atoms with Gasteiger partial charge in [-0.25, -0.2) is 4.79 Å². The minimum Gasteiger partial charge on any atom is -0.480 e. The van der Waals surface area contributed by atoms with Gasteiger partial charge >= 0.3 is 5.97 Å². The summed E-state index contributed by atoms with van der Waals surface area (Å²) in [7, 11) is 0. The van der Waals surface area contributed by atoms with Crippen LogP contribution in [0.15, 0.2) is 0 Å². The molecule has 1 rings (SSSR count). The van der Waals surface area contributed by atoms with E-state index in [4.69, 9.17) is 5.11 Å². The maximum atomic E-state index is 11.9. The van der Waals surface area contributed by atoms with Crippen LogP contribution < -0.4 is 5.32 Å². The molecule has 1 aromatic rings. The first-order valence-electron chi connectivity index (χ1n) is 6.03. The Bertz CT molecular complexity index is 465. The predicted molar refractivity (Wildman–Crippen MR) is 72.2 cm³/mol. The second-order valence-corrected chi connectivity index (χ2v) is 6.41. The Morgan fingerprint density at radius 1 is 1.42 bits per heavy atom. The normalized spacial score (nSPS) is 13.1. The number of aliphatic carboxylic acids is 1. The average Bonchev–Trinajstić information content (AvgIpc) is 2.68. The number of rotatable bonds is 5. The lowest BCUT2D eigenvalue weighted by Gasteiger charge is -2.21. The number of carboxylic acids is 1. The van der Waals surface area contributed by atoms with E-state index in [9.17, 15) is 9.59 Å². The molecule has 2 N–H and O–H groups in total. The van der Waals surface area contributed by atoms with E-state index in [-0.39, 0.29) is 5.41 Å². The maximum Gasteiger partial charge on any atom is 0.326 e. The van der Waals surface area contributed by atoms with Crippen molar-refractivity contribution in [1.29, 1.82) is 0 Å². The van der Waals surface area contributed by atoms with Crippen LogP contribution in [0.3, 0.4) is 0 Å². The van der Waals surface area contributed by atoms with Gasteiger partial charge in [-0.15, -0.1) is 5.10 Å². The van der Waals surface area contributed by atoms with E-state index in [2.05, 4.69) is 14.9 Å². The third-order valence-corrected chi connectivity index (χ3v) is 3.47. The molecule has 0 radical (unpaired) electrons. The SMILES string of the molecule is Cc1nnsc1C(=O)NC(CCC(C)(C)C)C(=O)O. The Balaban J connectivity index is 2.67. The van der Waals surface area contributed by atoms with Gasteiger partial charge in [0, 0.05) is 0 Å². The number of carbonyl (C=O) groups excluding carboxylic acids is 1. The van der Waals surface area contributed by atoms with Crippen LogP contribution in [0.1, 0.15) is 49.0 Å². The molecule has 1 amide bonds. The van der Waals surface area contributed by atoms with Crippen molar-refractivity contribution < 1.29 is 14.7 Å². The van der Waals surface area contributed by atoms with Crippen molar-refractivity contribution in [3.8, 4) is 0 Å². The number of amides is 1. The standard InChI is InChI=1S/C12H19N3O3S/c1-7-9(19-15-14-7)10(16)13-8(11(17)18)5-6-12(2,3)4/h8H,5-6H2,1-4H3,(H,13,16)(H,17,18). The first-order valence-corrected chi connectivity index (χ1v) is 6.80. The third-order valence-electron chi connectivity index (χ3n) is 2.64. The maximum absolute atomic E-state index is 11.9. The Morgan fingerprint density at radius 2 is 2.05 bits per heavy atom. The largest absolute Gasteiger partial charge is 0.480 e. The molecule has 19 heavy (non-hydrogen) atoms. The third kappa shape index (κ3) is 4.94. The zero-order chi connectivity index (χ0) is 14.6. The van der Waals surface area contributed by atoms with Crippen LogP contribution in [0, 0.1) is 12.3 Å². The monoisotopic (exact) mass is 285 g/mol. The first-order chi connectivity index (χ1) is 8.70. The molecule has 6 nitrogen and oxygen atoms in total. The van der Waals surface area contributed by atoms with Gasteiger partial charge < -0.3 is 10.4 Å². The zero-order valence-electron chi connectivity index (χ0n) is 11.6. The van der Waals surface area contributed by atoms with Crippen molar-refractivity contribution in [2.45, 2.75) is 46.6 Å². The van der Waals surface area contributed by atoms with Crippen LogP contribution in [0.2, 0.25) is 0 Å². The van der Waals surface area contributed by atoms with Crippen molar-refractivity contribution >= 4 is 23.4 Å². The predicted octanol–water partition coefficient (Wildman–Crippen LogP) is 1.86. The summed E-state index contributed by atoms with van der Waals surface area (Å²) in [6, 6.07) is -0.881. The Morgan fingerprint density at radius 3 is 2.47 bits per heavy atom. The van der Waals surface area contributed by atoms with Crippen LogP contribution in [0.4, 0.5) is 0 Å². The highest BCUT2D eigenvalue weighted by molar-refractivity contribution is 7.08. The molecule has 0 aliphatic rings. The van der Waals surface area contributed by atoms with Crippen LogP contribution >= 0.6 is 11.5 Å². The summed E-state index contributed by atoms with van der Waals surface area (Å²) in [6.07, 6.45) is 1.11. The summed E-state index contributed by atoms with van der Waals surface area (Å²) in [6.45, 7) is 7.77. The van der Waals surface area contributed by atoms with Gasteiger partial charge in [0.05, 0.1) is 5.69 Å². The number of hydrogen-bond donors (Lipinski definition) is 2. The fourth-order valence-corrected chi connectivity index (χ4v) is 2.06. The number of aromatic nitrogens is 2. The van der Waals surface area contributed by atoms with Crippen molar-refractivity contribution in [3.05, 3.63) is 10.6 Å². The van der Waals surface area contributed by atoms with Gasteiger partial charge in [0.1, 0.15) is 10.9 Å². The second-order valence-electron chi connectivity index (χ2n) is 5.65. The lowest BCUT2D eigenvalue weighted by molar-refractivity contribution is -0.139. The van der Waals surface area contributed by atoms with Crippen LogP contribution in [0.25, 0.3) is 0 Å². The number of nitrogens with one attached hydrogen (secondary N) is 1. The molecule has 0 aromatic carbocycles. The number of carboxylic acid groups (broad SMARTS) is 1. The van der Waals surface area contributed by atoms with Crippen molar-refractivity contribution in [2.75, 3.05) is 0 Å². The highest BCUT2D eigenvalue weighted by Gasteiger charge is 2.24. The molecule has 1 unspecified atom stereocenters. The van der Waals surface area contributed by atoms with Gasteiger partial charge in [0.15, 0.2) is 0 Å². The quantitative estimate of drug-likeness (QED) is 0.861. The minimum atomic E-state index is -1.02. The van der Waals surface area contributed by atoms with Crippen molar-refractivity contribution in [1.82, 2.24) is 14.9 Å². The summed E-state index contributed by atoms with van der Waals surface area (Å²) < 4.78 is 3.66. The molecular weight excluding hydrogens is 266 g/mol. The summed E-state index contributed by atoms with van der Waals surface area (Å²) >= 11 is 0.969. The number of hydrogen-bond acceptors (Lipinski definition) is 5. The molecule has 0 spiro atoms. The van der Waals surface area contributed by atoms with Gasteiger partial charge in [0.2, 0.25) is 0 Å². The molecule has 106 valence electrons. The highest BCUT2D eigenvalue weighted by Crippen LogP contribution is 2.22. The number of aryl methyl sites for hydroxylation is 1. The van der Waals surface area contributed by atoms with Crippen LogP contribution in [-0.2, 0) is 4.79 Å². The first kappa shape index (κ1) is 15.6. The molecule has 0 fully saturated rings. The second kappa shape index (κ2) is 6.10. The summed E-state index contributed by atoms with van der Waals surface area (Å²) in [5.41, 5.74) is 0.544. The average molecular weight is 285 g/mol. The Labute approximate surface area is 116 Å². The molecule has 0 saturated heterocycles. The Kier molecular flexibility index (Phi) is 4.99. The number of carbonyl (C=O) groups is 2. The van der Waals surface area contributed by atoms with Gasteiger partial charge in [0.25, 0.3) is 5.91 Å². The molecule has 0 saturated carbocycles. The van der Waals surface area contributed by atoms with E-state index in [0.29, 0.717) is 23.4 Å². The molecule has 0 aliphatic carbocycles. The topological polar surface area (TPSA) is 92.2 Å². The fourth-order valence-electron chi connectivity index (χ4n) is 1.50. The van der Waals surface area contributed by atoms with Crippen LogP contribution in [0.5, 0.6) is 0 Å². The van der Waals surface area contributed by atoms with E-state index in [0.717, 1.165) is 11.5 Å². The molecule has 1 atom stereocenters. The van der Waals surface area contributed by atoms with E-state index >= 15 is 0 Å². The van der Waals surface area contributed by atoms with Gasteiger partial charge in [-0.2, -0.15) is 0 Å². The van der Waals surface area contributed by atoms with E-state index in [1.165, 1.54) is 0 Å². The summed E-state index contributed by atoms with van der Waals surface area (Å²) in [5, 5.41) is 15.4. The summed E-state index contributed by atoms with van der Waals surface area (Å²) in [5.74, 6) is -1.44. The van der Waals surface area contributed by atoms with Crippen LogP contribution in [-0.4, -0.2) is 32.6 Å². The molecule has 0 aliphatic heterocycles. The number of nitrogens with zero attached hydrogens (tertiary/aromatic N) is 2. The summed E-state index contributed by atoms with van der Waals surface area (Å²) in [4.78, 5) is 23.4. The fraction of sp³-hybridized carbons (Fsp3) is 0.667. The lowest BCUT2D eigenvalue weighted by atomic mass is 9.88. The van der Waals surface area contributed by atoms with Gasteiger partial charge in [-0.3, -0.25) is 4.79 Å². The molecule has 1 aromatic heterocycles. The smallest absolute Gasteiger partial charge is 0.326 e. The van der Waals surface area contributed by atoms with Crippen molar-refractivity contribution in [2.24, 2.45) is 5.41 Å². The van der Waals surface area contributed by atoms with Crippen molar-refractivity contribution in [3.63, 3.8) is 0 Å².